The number of ether oxygens (including phenoxy) is 1. The van der Waals surface area contributed by atoms with Gasteiger partial charge in [0.2, 0.25) is 5.91 Å². The molecule has 4 heteroatoms. The molecule has 0 spiro atoms. The van der Waals surface area contributed by atoms with Gasteiger partial charge < -0.3 is 15.4 Å². The molecule has 16 heavy (non-hydrogen) atoms. The molecule has 1 heterocycles. The summed E-state index contributed by atoms with van der Waals surface area (Å²) in [6, 6.07) is -0.110. The van der Waals surface area contributed by atoms with Crippen LogP contribution in [0, 0.1) is 0 Å². The highest BCUT2D eigenvalue weighted by Gasteiger charge is 2.28. The molecule has 94 valence electrons. The molecule has 2 unspecified atom stereocenters. The Morgan fingerprint density at radius 1 is 1.56 bits per heavy atom. The van der Waals surface area contributed by atoms with Gasteiger partial charge in [-0.1, -0.05) is 26.7 Å². The first kappa shape index (κ1) is 13.5. The van der Waals surface area contributed by atoms with E-state index < -0.39 is 0 Å². The van der Waals surface area contributed by atoms with Crippen LogP contribution in [0.3, 0.4) is 0 Å². The van der Waals surface area contributed by atoms with Crippen LogP contribution in [0.5, 0.6) is 0 Å². The highest BCUT2D eigenvalue weighted by atomic mass is 16.5. The lowest BCUT2D eigenvalue weighted by atomic mass is 10.1. The van der Waals surface area contributed by atoms with Gasteiger partial charge in [0.25, 0.3) is 0 Å². The summed E-state index contributed by atoms with van der Waals surface area (Å²) in [4.78, 5) is 14.0. The molecule has 1 saturated heterocycles. The number of hydrogen-bond acceptors (Lipinski definition) is 3. The van der Waals surface area contributed by atoms with E-state index in [2.05, 4.69) is 13.8 Å². The van der Waals surface area contributed by atoms with Crippen molar-refractivity contribution >= 4 is 5.91 Å². The molecule has 4 nitrogen and oxygen atoms in total. The van der Waals surface area contributed by atoms with Crippen molar-refractivity contribution in [3.63, 3.8) is 0 Å². The molecule has 1 aliphatic heterocycles. The number of nitrogens with zero attached hydrogens (tertiary/aromatic N) is 1. The standard InChI is InChI=1S/C12H24N2O2/c1-3-5-6-11(13)12(15)14-7-8-16-9-10(14)4-2/h10-11H,3-9,13H2,1-2H3. The van der Waals surface area contributed by atoms with Crippen molar-refractivity contribution in [1.29, 1.82) is 0 Å². The van der Waals surface area contributed by atoms with Gasteiger partial charge in [0, 0.05) is 6.54 Å². The van der Waals surface area contributed by atoms with Gasteiger partial charge in [-0.05, 0) is 12.8 Å². The normalized spacial score (nSPS) is 23.2. The molecule has 2 atom stereocenters. The first-order chi connectivity index (χ1) is 7.70. The van der Waals surface area contributed by atoms with E-state index in [0.29, 0.717) is 19.8 Å². The van der Waals surface area contributed by atoms with Crippen LogP contribution >= 0.6 is 0 Å². The molecule has 1 rings (SSSR count). The van der Waals surface area contributed by atoms with Crippen LogP contribution in [0.25, 0.3) is 0 Å². The van der Waals surface area contributed by atoms with Crippen molar-refractivity contribution in [2.45, 2.75) is 51.6 Å². The number of carbonyl (C=O) groups is 1. The van der Waals surface area contributed by atoms with E-state index in [4.69, 9.17) is 10.5 Å². The Morgan fingerprint density at radius 3 is 2.94 bits per heavy atom. The van der Waals surface area contributed by atoms with Crippen LogP contribution in [0.15, 0.2) is 0 Å². The number of amides is 1. The van der Waals surface area contributed by atoms with Crippen LogP contribution in [-0.4, -0.2) is 42.6 Å². The third kappa shape index (κ3) is 3.46. The van der Waals surface area contributed by atoms with Gasteiger partial charge in [-0.2, -0.15) is 0 Å². The Kier molecular flexibility index (Phi) is 5.77. The van der Waals surface area contributed by atoms with Crippen molar-refractivity contribution in [3.8, 4) is 0 Å². The summed E-state index contributed by atoms with van der Waals surface area (Å²) < 4.78 is 5.38. The number of unbranched alkanes of at least 4 members (excludes halogenated alkanes) is 1. The zero-order valence-corrected chi connectivity index (χ0v) is 10.4. The lowest BCUT2D eigenvalue weighted by molar-refractivity contribution is -0.141. The van der Waals surface area contributed by atoms with E-state index in [1.165, 1.54) is 0 Å². The van der Waals surface area contributed by atoms with Crippen LogP contribution in [-0.2, 0) is 9.53 Å². The van der Waals surface area contributed by atoms with Gasteiger partial charge in [-0.15, -0.1) is 0 Å². The van der Waals surface area contributed by atoms with E-state index in [0.717, 1.165) is 25.7 Å². The smallest absolute Gasteiger partial charge is 0.239 e. The maximum Gasteiger partial charge on any atom is 0.239 e. The Labute approximate surface area is 98.1 Å². The predicted octanol–water partition coefficient (Wildman–Crippen LogP) is 1.14. The van der Waals surface area contributed by atoms with Gasteiger partial charge in [-0.25, -0.2) is 0 Å². The SMILES string of the molecule is CCCCC(N)C(=O)N1CCOCC1CC. The van der Waals surface area contributed by atoms with Crippen molar-refractivity contribution in [2.24, 2.45) is 5.73 Å². The van der Waals surface area contributed by atoms with Gasteiger partial charge in [0.05, 0.1) is 25.3 Å². The highest BCUT2D eigenvalue weighted by Crippen LogP contribution is 2.13. The highest BCUT2D eigenvalue weighted by molar-refractivity contribution is 5.82. The van der Waals surface area contributed by atoms with Crippen molar-refractivity contribution in [1.82, 2.24) is 4.90 Å². The number of hydrogen-bond donors (Lipinski definition) is 1. The molecular formula is C12H24N2O2. The van der Waals surface area contributed by atoms with Crippen molar-refractivity contribution < 1.29 is 9.53 Å². The largest absolute Gasteiger partial charge is 0.377 e. The zero-order valence-electron chi connectivity index (χ0n) is 10.4. The van der Waals surface area contributed by atoms with Gasteiger partial charge in [-0.3, -0.25) is 4.79 Å². The van der Waals surface area contributed by atoms with Crippen LogP contribution in [0.1, 0.15) is 39.5 Å². The topological polar surface area (TPSA) is 55.6 Å². The molecular weight excluding hydrogens is 204 g/mol. The second kappa shape index (κ2) is 6.86. The van der Waals surface area contributed by atoms with E-state index in [-0.39, 0.29) is 18.0 Å². The summed E-state index contributed by atoms with van der Waals surface area (Å²) in [6.07, 6.45) is 3.84. The minimum absolute atomic E-state index is 0.101. The van der Waals surface area contributed by atoms with Crippen molar-refractivity contribution in [3.05, 3.63) is 0 Å². The fourth-order valence-corrected chi connectivity index (χ4v) is 2.04. The minimum atomic E-state index is -0.327. The monoisotopic (exact) mass is 228 g/mol. The lowest BCUT2D eigenvalue weighted by Gasteiger charge is -2.36. The zero-order chi connectivity index (χ0) is 12.0. The molecule has 0 radical (unpaired) electrons. The summed E-state index contributed by atoms with van der Waals surface area (Å²) in [5.41, 5.74) is 5.92. The number of rotatable bonds is 5. The molecule has 0 aromatic heterocycles. The molecule has 1 fully saturated rings. The molecule has 0 aromatic rings. The number of nitrogens with two attached hydrogens (primary N) is 1. The van der Waals surface area contributed by atoms with Gasteiger partial charge >= 0.3 is 0 Å². The summed E-state index contributed by atoms with van der Waals surface area (Å²) in [5.74, 6) is 0.101. The fourth-order valence-electron chi connectivity index (χ4n) is 2.04. The Hall–Kier alpha value is -0.610. The molecule has 0 saturated carbocycles. The summed E-state index contributed by atoms with van der Waals surface area (Å²) in [6.45, 7) is 6.18. The quantitative estimate of drug-likeness (QED) is 0.767. The molecule has 0 bridgehead atoms. The molecule has 1 aliphatic rings. The fraction of sp³-hybridized carbons (Fsp3) is 0.917. The van der Waals surface area contributed by atoms with Gasteiger partial charge in [0.15, 0.2) is 0 Å². The summed E-state index contributed by atoms with van der Waals surface area (Å²) in [7, 11) is 0. The van der Waals surface area contributed by atoms with E-state index in [9.17, 15) is 4.79 Å². The average Bonchev–Trinajstić information content (AvgIpc) is 2.34. The Balaban J connectivity index is 2.49. The van der Waals surface area contributed by atoms with E-state index >= 15 is 0 Å². The number of morpholine rings is 1. The van der Waals surface area contributed by atoms with Gasteiger partial charge in [0.1, 0.15) is 0 Å². The average molecular weight is 228 g/mol. The first-order valence-electron chi connectivity index (χ1n) is 6.34. The lowest BCUT2D eigenvalue weighted by Crippen LogP contribution is -2.53. The van der Waals surface area contributed by atoms with Crippen LogP contribution < -0.4 is 5.73 Å². The molecule has 2 N–H and O–H groups in total. The second-order valence-corrected chi connectivity index (χ2v) is 4.42. The maximum absolute atomic E-state index is 12.1. The summed E-state index contributed by atoms with van der Waals surface area (Å²) >= 11 is 0. The third-order valence-corrected chi connectivity index (χ3v) is 3.17. The molecule has 0 aliphatic carbocycles. The second-order valence-electron chi connectivity index (χ2n) is 4.42. The van der Waals surface area contributed by atoms with E-state index in [1.807, 2.05) is 4.90 Å². The van der Waals surface area contributed by atoms with Crippen molar-refractivity contribution in [2.75, 3.05) is 19.8 Å². The van der Waals surface area contributed by atoms with Crippen LogP contribution in [0.2, 0.25) is 0 Å². The minimum Gasteiger partial charge on any atom is -0.377 e. The Bertz CT molecular complexity index is 221. The van der Waals surface area contributed by atoms with E-state index in [1.54, 1.807) is 0 Å². The first-order valence-corrected chi connectivity index (χ1v) is 6.34. The number of carbonyl (C=O) groups excluding carboxylic acids is 1. The maximum atomic E-state index is 12.1. The predicted molar refractivity (Wildman–Crippen MR) is 64.1 cm³/mol. The molecule has 1 amide bonds. The Morgan fingerprint density at radius 2 is 2.31 bits per heavy atom. The van der Waals surface area contributed by atoms with Crippen LogP contribution in [0.4, 0.5) is 0 Å². The third-order valence-electron chi connectivity index (χ3n) is 3.17. The molecule has 0 aromatic carbocycles. The summed E-state index contributed by atoms with van der Waals surface area (Å²) in [5, 5.41) is 0.